The molecule has 0 atom stereocenters. The summed E-state index contributed by atoms with van der Waals surface area (Å²) >= 11 is 0. The lowest BCUT2D eigenvalue weighted by Gasteiger charge is -2.34. The molecular formula is C20H21FN6O2S. The highest BCUT2D eigenvalue weighted by Crippen LogP contribution is 2.22. The van der Waals surface area contributed by atoms with Crippen LogP contribution in [0.25, 0.3) is 0 Å². The molecule has 1 N–H and O–H groups in total. The number of benzene rings is 1. The minimum absolute atomic E-state index is 0.242. The molecule has 156 valence electrons. The van der Waals surface area contributed by atoms with Crippen molar-refractivity contribution in [3.05, 3.63) is 66.1 Å². The third kappa shape index (κ3) is 4.24. The fraction of sp³-hybridized carbons (Fsp3) is 0.250. The number of anilines is 3. The average molecular weight is 428 g/mol. The molecule has 0 bridgehead atoms. The summed E-state index contributed by atoms with van der Waals surface area (Å²) in [6, 6.07) is 12.9. The van der Waals surface area contributed by atoms with E-state index < -0.39 is 15.8 Å². The van der Waals surface area contributed by atoms with Gasteiger partial charge >= 0.3 is 0 Å². The topological polar surface area (TPSA) is 91.3 Å². The van der Waals surface area contributed by atoms with Crippen LogP contribution >= 0.6 is 0 Å². The van der Waals surface area contributed by atoms with Gasteiger partial charge in [0.2, 0.25) is 10.0 Å². The van der Waals surface area contributed by atoms with Crippen LogP contribution in [0.15, 0.2) is 59.6 Å². The zero-order valence-electron chi connectivity index (χ0n) is 16.4. The average Bonchev–Trinajstić information content (AvgIpc) is 2.76. The fourth-order valence-electron chi connectivity index (χ4n) is 3.18. The maximum Gasteiger partial charge on any atom is 0.246 e. The Morgan fingerprint density at radius 1 is 0.933 bits per heavy atom. The molecule has 3 aromatic rings. The number of halogens is 1. The van der Waals surface area contributed by atoms with Crippen molar-refractivity contribution in [1.82, 2.24) is 19.5 Å². The molecule has 1 fully saturated rings. The molecule has 10 heteroatoms. The lowest BCUT2D eigenvalue weighted by Crippen LogP contribution is -2.49. The highest BCUT2D eigenvalue weighted by Gasteiger charge is 2.30. The summed E-state index contributed by atoms with van der Waals surface area (Å²) in [5.74, 6) is 1.16. The van der Waals surface area contributed by atoms with Crippen LogP contribution in [0.2, 0.25) is 0 Å². The number of nitrogens with zero attached hydrogens (tertiary/aromatic N) is 5. The Morgan fingerprint density at radius 3 is 2.30 bits per heavy atom. The lowest BCUT2D eigenvalue weighted by atomic mass is 10.3. The van der Waals surface area contributed by atoms with Crippen molar-refractivity contribution >= 4 is 27.5 Å². The minimum Gasteiger partial charge on any atom is -0.352 e. The number of sulfonamides is 1. The molecule has 1 aromatic carbocycles. The van der Waals surface area contributed by atoms with Crippen LogP contribution in [-0.2, 0) is 10.0 Å². The van der Waals surface area contributed by atoms with Crippen molar-refractivity contribution < 1.29 is 12.8 Å². The second-order valence-corrected chi connectivity index (χ2v) is 8.85. The van der Waals surface area contributed by atoms with Gasteiger partial charge in [-0.2, -0.15) is 4.31 Å². The Kier molecular flexibility index (Phi) is 5.60. The number of hydrogen-bond donors (Lipinski definition) is 1. The van der Waals surface area contributed by atoms with Gasteiger partial charge in [-0.3, -0.25) is 0 Å². The monoisotopic (exact) mass is 428 g/mol. The molecule has 0 radical (unpaired) electrons. The number of pyridine rings is 1. The second kappa shape index (κ2) is 8.33. The van der Waals surface area contributed by atoms with Crippen molar-refractivity contribution in [1.29, 1.82) is 0 Å². The highest BCUT2D eigenvalue weighted by molar-refractivity contribution is 7.89. The Labute approximate surface area is 174 Å². The Balaban J connectivity index is 1.39. The number of rotatable bonds is 5. The van der Waals surface area contributed by atoms with Crippen molar-refractivity contribution in [2.24, 2.45) is 0 Å². The van der Waals surface area contributed by atoms with Gasteiger partial charge in [0.25, 0.3) is 0 Å². The van der Waals surface area contributed by atoms with Gasteiger partial charge in [-0.05, 0) is 42.8 Å². The Hall–Kier alpha value is -3.11. The maximum absolute atomic E-state index is 14.0. The molecule has 1 saturated heterocycles. The van der Waals surface area contributed by atoms with Crippen molar-refractivity contribution in [3.63, 3.8) is 0 Å². The lowest BCUT2D eigenvalue weighted by molar-refractivity contribution is 0.381. The van der Waals surface area contributed by atoms with Gasteiger partial charge < -0.3 is 10.2 Å². The SMILES string of the molecule is Cc1ccc(Nc2ccc(N3CCN(S(=O)(=O)c4ccccc4F)CC3)nn2)nc1. The van der Waals surface area contributed by atoms with E-state index in [1.807, 2.05) is 30.0 Å². The number of aryl methyl sites for hydroxylation is 1. The summed E-state index contributed by atoms with van der Waals surface area (Å²) in [5, 5.41) is 11.5. The van der Waals surface area contributed by atoms with Crippen molar-refractivity contribution in [3.8, 4) is 0 Å². The number of aromatic nitrogens is 3. The number of nitrogens with one attached hydrogen (secondary N) is 1. The normalized spacial score (nSPS) is 15.2. The standard InChI is InChI=1S/C20H21FN6O2S/c1-15-6-7-18(22-14-15)23-19-8-9-20(25-24-19)26-10-12-27(13-11-26)30(28,29)17-5-3-2-4-16(17)21/h2-9,14H,10-13H2,1H3,(H,22,23,24). The molecule has 8 nitrogen and oxygen atoms in total. The molecular weight excluding hydrogens is 407 g/mol. The van der Waals surface area contributed by atoms with E-state index in [1.165, 1.54) is 22.5 Å². The summed E-state index contributed by atoms with van der Waals surface area (Å²) in [6.45, 7) is 3.33. The first-order valence-corrected chi connectivity index (χ1v) is 10.9. The van der Waals surface area contributed by atoms with Gasteiger partial charge in [0.05, 0.1) is 0 Å². The van der Waals surface area contributed by atoms with Crippen LogP contribution in [0, 0.1) is 12.7 Å². The van der Waals surface area contributed by atoms with Gasteiger partial charge in [0.1, 0.15) is 16.5 Å². The third-order valence-corrected chi connectivity index (χ3v) is 6.77. The van der Waals surface area contributed by atoms with Gasteiger partial charge in [-0.25, -0.2) is 17.8 Å². The van der Waals surface area contributed by atoms with E-state index in [1.54, 1.807) is 12.3 Å². The van der Waals surface area contributed by atoms with E-state index in [0.717, 1.165) is 11.6 Å². The van der Waals surface area contributed by atoms with Crippen molar-refractivity contribution in [2.45, 2.75) is 11.8 Å². The van der Waals surface area contributed by atoms with Crippen LogP contribution < -0.4 is 10.2 Å². The first-order valence-electron chi connectivity index (χ1n) is 9.46. The quantitative estimate of drug-likeness (QED) is 0.668. The Morgan fingerprint density at radius 2 is 1.67 bits per heavy atom. The summed E-state index contributed by atoms with van der Waals surface area (Å²) in [7, 11) is -3.86. The zero-order chi connectivity index (χ0) is 21.1. The fourth-order valence-corrected chi connectivity index (χ4v) is 4.67. The van der Waals surface area contributed by atoms with Crippen LogP contribution in [-0.4, -0.2) is 54.1 Å². The summed E-state index contributed by atoms with van der Waals surface area (Å²) in [5.41, 5.74) is 1.07. The van der Waals surface area contributed by atoms with E-state index in [-0.39, 0.29) is 18.0 Å². The van der Waals surface area contributed by atoms with Gasteiger partial charge in [0.15, 0.2) is 11.6 Å². The molecule has 0 unspecified atom stereocenters. The van der Waals surface area contributed by atoms with E-state index in [4.69, 9.17) is 0 Å². The van der Waals surface area contributed by atoms with Crippen LogP contribution in [0.4, 0.5) is 21.8 Å². The highest BCUT2D eigenvalue weighted by atomic mass is 32.2. The molecule has 0 aliphatic carbocycles. The predicted octanol–water partition coefficient (Wildman–Crippen LogP) is 2.57. The van der Waals surface area contributed by atoms with E-state index in [0.29, 0.717) is 30.5 Å². The molecule has 1 aliphatic rings. The summed E-state index contributed by atoms with van der Waals surface area (Å²) < 4.78 is 40.7. The molecule has 30 heavy (non-hydrogen) atoms. The van der Waals surface area contributed by atoms with E-state index in [9.17, 15) is 12.8 Å². The summed E-state index contributed by atoms with van der Waals surface area (Å²) in [6.07, 6.45) is 1.76. The molecule has 0 amide bonds. The van der Waals surface area contributed by atoms with Gasteiger partial charge in [-0.15, -0.1) is 10.2 Å². The molecule has 0 spiro atoms. The van der Waals surface area contributed by atoms with Gasteiger partial charge in [-0.1, -0.05) is 18.2 Å². The maximum atomic E-state index is 14.0. The number of piperazine rings is 1. The first-order chi connectivity index (χ1) is 14.4. The minimum atomic E-state index is -3.86. The molecule has 1 aliphatic heterocycles. The second-order valence-electron chi connectivity index (χ2n) is 6.94. The summed E-state index contributed by atoms with van der Waals surface area (Å²) in [4.78, 5) is 5.93. The largest absolute Gasteiger partial charge is 0.352 e. The van der Waals surface area contributed by atoms with Crippen molar-refractivity contribution in [2.75, 3.05) is 36.4 Å². The third-order valence-electron chi connectivity index (χ3n) is 4.84. The molecule has 0 saturated carbocycles. The molecule has 4 rings (SSSR count). The zero-order valence-corrected chi connectivity index (χ0v) is 17.2. The smallest absolute Gasteiger partial charge is 0.246 e. The van der Waals surface area contributed by atoms with E-state index >= 15 is 0 Å². The molecule has 2 aromatic heterocycles. The van der Waals surface area contributed by atoms with Crippen LogP contribution in [0.3, 0.4) is 0 Å². The van der Waals surface area contributed by atoms with Gasteiger partial charge in [0, 0.05) is 32.4 Å². The van der Waals surface area contributed by atoms with Crippen LogP contribution in [0.1, 0.15) is 5.56 Å². The molecule has 3 heterocycles. The Bertz CT molecular complexity index is 1110. The predicted molar refractivity (Wildman–Crippen MR) is 112 cm³/mol. The number of hydrogen-bond acceptors (Lipinski definition) is 7. The first kappa shape index (κ1) is 20.2. The van der Waals surface area contributed by atoms with E-state index in [2.05, 4.69) is 20.5 Å². The van der Waals surface area contributed by atoms with Crippen LogP contribution in [0.5, 0.6) is 0 Å².